The fourth-order valence-electron chi connectivity index (χ4n) is 2.11. The van der Waals surface area contributed by atoms with Crippen LogP contribution in [0, 0.1) is 5.82 Å². The smallest absolute Gasteiger partial charge is 0.338 e. The minimum Gasteiger partial charge on any atom is -0.491 e. The van der Waals surface area contributed by atoms with Gasteiger partial charge in [-0.25, -0.2) is 9.18 Å². The number of unbranched alkanes of at least 4 members (excludes halogenated alkanes) is 1. The first-order valence-corrected chi connectivity index (χ1v) is 6.81. The lowest BCUT2D eigenvalue weighted by atomic mass is 10.0. The third kappa shape index (κ3) is 3.93. The van der Waals surface area contributed by atoms with Gasteiger partial charge in [0.1, 0.15) is 11.6 Å². The van der Waals surface area contributed by atoms with Crippen LogP contribution in [0.1, 0.15) is 32.6 Å². The van der Waals surface area contributed by atoms with Crippen LogP contribution in [0.2, 0.25) is 0 Å². The van der Waals surface area contributed by atoms with E-state index in [0.29, 0.717) is 18.8 Å². The van der Waals surface area contributed by atoms with E-state index in [-0.39, 0.29) is 11.9 Å². The van der Waals surface area contributed by atoms with Crippen molar-refractivity contribution in [1.82, 2.24) is 0 Å². The molecule has 1 saturated heterocycles. The summed E-state index contributed by atoms with van der Waals surface area (Å²) in [6, 6.07) is 5.93. The van der Waals surface area contributed by atoms with Gasteiger partial charge in [0, 0.05) is 0 Å². The average Bonchev–Trinajstić information content (AvgIpc) is 3.19. The molecule has 0 spiro atoms. The van der Waals surface area contributed by atoms with Crippen molar-refractivity contribution >= 4 is 5.97 Å². The van der Waals surface area contributed by atoms with Gasteiger partial charge in [0.2, 0.25) is 0 Å². The van der Waals surface area contributed by atoms with Crippen molar-refractivity contribution < 1.29 is 23.8 Å². The van der Waals surface area contributed by atoms with E-state index in [0.717, 1.165) is 19.3 Å². The molecule has 0 aromatic heterocycles. The molecule has 2 rings (SSSR count). The standard InChI is InChI=1S/C15H19FO4/c1-11(20-13-7-5-12(16)6-8-13)4-2-3-9-15(10-19-15)14(17)18/h5-8,11H,2-4,9-10H2,1H3,(H,17,18). The molecule has 1 aliphatic heterocycles. The van der Waals surface area contributed by atoms with Crippen LogP contribution in [0.15, 0.2) is 24.3 Å². The van der Waals surface area contributed by atoms with E-state index in [9.17, 15) is 9.18 Å². The quantitative estimate of drug-likeness (QED) is 0.588. The lowest BCUT2D eigenvalue weighted by molar-refractivity contribution is -0.143. The van der Waals surface area contributed by atoms with Crippen molar-refractivity contribution in [3.8, 4) is 5.75 Å². The molecule has 20 heavy (non-hydrogen) atoms. The number of hydrogen-bond donors (Lipinski definition) is 1. The molecule has 5 heteroatoms. The Hall–Kier alpha value is -1.62. The Morgan fingerprint density at radius 1 is 1.45 bits per heavy atom. The Balaban J connectivity index is 1.64. The second-order valence-electron chi connectivity index (χ2n) is 5.22. The van der Waals surface area contributed by atoms with E-state index in [1.807, 2.05) is 6.92 Å². The molecule has 1 fully saturated rings. The third-order valence-electron chi connectivity index (χ3n) is 3.47. The molecule has 1 N–H and O–H groups in total. The van der Waals surface area contributed by atoms with Crippen molar-refractivity contribution in [3.05, 3.63) is 30.1 Å². The van der Waals surface area contributed by atoms with Crippen molar-refractivity contribution in [2.24, 2.45) is 0 Å². The monoisotopic (exact) mass is 282 g/mol. The van der Waals surface area contributed by atoms with Crippen LogP contribution in [0.25, 0.3) is 0 Å². The molecule has 4 nitrogen and oxygen atoms in total. The summed E-state index contributed by atoms with van der Waals surface area (Å²) in [6.45, 7) is 2.27. The molecule has 0 saturated carbocycles. The number of aliphatic carboxylic acids is 1. The summed E-state index contributed by atoms with van der Waals surface area (Å²) in [5, 5.41) is 8.95. The first-order chi connectivity index (χ1) is 9.52. The number of carbonyl (C=O) groups is 1. The highest BCUT2D eigenvalue weighted by atomic mass is 19.1. The Labute approximate surface area is 117 Å². The first-order valence-electron chi connectivity index (χ1n) is 6.81. The lowest BCUT2D eigenvalue weighted by Crippen LogP contribution is -2.23. The first kappa shape index (κ1) is 14.8. The van der Waals surface area contributed by atoms with Gasteiger partial charge >= 0.3 is 5.97 Å². The van der Waals surface area contributed by atoms with Gasteiger partial charge in [-0.3, -0.25) is 0 Å². The second kappa shape index (κ2) is 6.22. The molecule has 1 aliphatic rings. The van der Waals surface area contributed by atoms with Gasteiger partial charge < -0.3 is 14.6 Å². The predicted octanol–water partition coefficient (Wildman–Crippen LogP) is 3.01. The molecule has 2 unspecified atom stereocenters. The van der Waals surface area contributed by atoms with Gasteiger partial charge in [-0.2, -0.15) is 0 Å². The van der Waals surface area contributed by atoms with Gasteiger partial charge in [0.15, 0.2) is 5.60 Å². The maximum Gasteiger partial charge on any atom is 0.338 e. The number of epoxide rings is 1. The Bertz CT molecular complexity index is 453. The van der Waals surface area contributed by atoms with E-state index < -0.39 is 11.6 Å². The zero-order chi connectivity index (χ0) is 14.6. The summed E-state index contributed by atoms with van der Waals surface area (Å²) in [6.07, 6.45) is 3.06. The van der Waals surface area contributed by atoms with Crippen LogP contribution in [-0.2, 0) is 9.53 Å². The summed E-state index contributed by atoms with van der Waals surface area (Å²) < 4.78 is 23.4. The number of benzene rings is 1. The Morgan fingerprint density at radius 2 is 2.10 bits per heavy atom. The SMILES string of the molecule is CC(CCCCC1(C(=O)O)CO1)Oc1ccc(F)cc1. The fraction of sp³-hybridized carbons (Fsp3) is 0.533. The zero-order valence-electron chi connectivity index (χ0n) is 11.5. The van der Waals surface area contributed by atoms with Gasteiger partial charge in [0.25, 0.3) is 0 Å². The molecule has 0 bridgehead atoms. The van der Waals surface area contributed by atoms with Gasteiger partial charge in [0.05, 0.1) is 12.7 Å². The van der Waals surface area contributed by atoms with Crippen molar-refractivity contribution in [2.75, 3.05) is 6.61 Å². The molecular weight excluding hydrogens is 263 g/mol. The maximum absolute atomic E-state index is 12.7. The number of rotatable bonds is 8. The highest BCUT2D eigenvalue weighted by molar-refractivity contribution is 5.80. The second-order valence-corrected chi connectivity index (χ2v) is 5.22. The van der Waals surface area contributed by atoms with Crippen molar-refractivity contribution in [2.45, 2.75) is 44.3 Å². The highest BCUT2D eigenvalue weighted by Gasteiger charge is 2.51. The van der Waals surface area contributed by atoms with Gasteiger partial charge in [-0.1, -0.05) is 0 Å². The molecule has 1 aromatic rings. The van der Waals surface area contributed by atoms with Crippen LogP contribution in [-0.4, -0.2) is 29.4 Å². The van der Waals surface area contributed by atoms with E-state index >= 15 is 0 Å². The van der Waals surface area contributed by atoms with Crippen LogP contribution in [0.4, 0.5) is 4.39 Å². The number of carboxylic acids is 1. The molecule has 2 atom stereocenters. The molecule has 1 heterocycles. The summed E-state index contributed by atoms with van der Waals surface area (Å²) in [4.78, 5) is 10.9. The Morgan fingerprint density at radius 3 is 2.65 bits per heavy atom. The predicted molar refractivity (Wildman–Crippen MR) is 71.3 cm³/mol. The third-order valence-corrected chi connectivity index (χ3v) is 3.47. The number of halogens is 1. The maximum atomic E-state index is 12.7. The molecule has 0 amide bonds. The molecular formula is C15H19FO4. The molecule has 110 valence electrons. The van der Waals surface area contributed by atoms with Gasteiger partial charge in [-0.05, 0) is 56.9 Å². The van der Waals surface area contributed by atoms with Crippen LogP contribution in [0.5, 0.6) is 5.75 Å². The van der Waals surface area contributed by atoms with E-state index in [1.54, 1.807) is 12.1 Å². The zero-order valence-corrected chi connectivity index (χ0v) is 11.5. The number of hydrogen-bond acceptors (Lipinski definition) is 3. The summed E-state index contributed by atoms with van der Waals surface area (Å²) in [7, 11) is 0. The van der Waals surface area contributed by atoms with Crippen LogP contribution < -0.4 is 4.74 Å². The number of ether oxygens (including phenoxy) is 2. The van der Waals surface area contributed by atoms with E-state index in [1.165, 1.54) is 12.1 Å². The normalized spacial score (nSPS) is 22.3. The Kier molecular flexibility index (Phi) is 4.60. The summed E-state index contributed by atoms with van der Waals surface area (Å²) in [5.74, 6) is -0.507. The van der Waals surface area contributed by atoms with Crippen molar-refractivity contribution in [1.29, 1.82) is 0 Å². The van der Waals surface area contributed by atoms with Crippen LogP contribution >= 0.6 is 0 Å². The van der Waals surface area contributed by atoms with Crippen molar-refractivity contribution in [3.63, 3.8) is 0 Å². The molecule has 1 aromatic carbocycles. The lowest BCUT2D eigenvalue weighted by Gasteiger charge is -2.15. The topological polar surface area (TPSA) is 59.1 Å². The summed E-state index contributed by atoms with van der Waals surface area (Å²) in [5.41, 5.74) is -0.916. The minimum atomic E-state index is -0.916. The van der Waals surface area contributed by atoms with Gasteiger partial charge in [-0.15, -0.1) is 0 Å². The van der Waals surface area contributed by atoms with Crippen LogP contribution in [0.3, 0.4) is 0 Å². The molecule has 0 aliphatic carbocycles. The largest absolute Gasteiger partial charge is 0.491 e. The average molecular weight is 282 g/mol. The highest BCUT2D eigenvalue weighted by Crippen LogP contribution is 2.33. The minimum absolute atomic E-state index is 0.0151. The fourth-order valence-corrected chi connectivity index (χ4v) is 2.11. The number of carboxylic acid groups (broad SMARTS) is 1. The molecule has 0 radical (unpaired) electrons. The van der Waals surface area contributed by atoms with E-state index in [4.69, 9.17) is 14.6 Å². The van der Waals surface area contributed by atoms with E-state index in [2.05, 4.69) is 0 Å². The summed E-state index contributed by atoms with van der Waals surface area (Å²) >= 11 is 0.